The highest BCUT2D eigenvalue weighted by Crippen LogP contribution is 2.29. The Balaban J connectivity index is 1.95. The zero-order valence-electron chi connectivity index (χ0n) is 13.0. The van der Waals surface area contributed by atoms with Gasteiger partial charge in [0.25, 0.3) is 0 Å². The highest BCUT2D eigenvalue weighted by atomic mass is 16.3. The van der Waals surface area contributed by atoms with Gasteiger partial charge in [0, 0.05) is 23.7 Å². The predicted octanol–water partition coefficient (Wildman–Crippen LogP) is 3.46. The predicted molar refractivity (Wildman–Crippen MR) is 79.1 cm³/mol. The second-order valence-electron chi connectivity index (χ2n) is 6.69. The zero-order chi connectivity index (χ0) is 14.0. The maximum absolute atomic E-state index is 5.87. The van der Waals surface area contributed by atoms with E-state index >= 15 is 0 Å². The lowest BCUT2D eigenvalue weighted by molar-refractivity contribution is 0.267. The lowest BCUT2D eigenvalue weighted by atomic mass is 10.1. The smallest absolute Gasteiger partial charge is 0.118 e. The SMILES string of the molecule is CCN(Cc1cc(CNC(C)(C)C)oc1C)C1CC1. The molecule has 3 heteroatoms. The molecule has 1 saturated carbocycles. The molecule has 0 saturated heterocycles. The van der Waals surface area contributed by atoms with Crippen LogP contribution in [0.1, 0.15) is 57.6 Å². The summed E-state index contributed by atoms with van der Waals surface area (Å²) in [5.74, 6) is 2.12. The fraction of sp³-hybridized carbons (Fsp3) is 0.750. The van der Waals surface area contributed by atoms with Crippen LogP contribution in [-0.4, -0.2) is 23.0 Å². The lowest BCUT2D eigenvalue weighted by Crippen LogP contribution is -2.34. The normalized spacial score (nSPS) is 16.3. The Morgan fingerprint density at radius 1 is 1.37 bits per heavy atom. The number of rotatable bonds is 6. The molecule has 0 atom stereocenters. The summed E-state index contributed by atoms with van der Waals surface area (Å²) in [4.78, 5) is 2.55. The van der Waals surface area contributed by atoms with E-state index in [1.54, 1.807) is 0 Å². The van der Waals surface area contributed by atoms with E-state index in [2.05, 4.69) is 50.9 Å². The molecule has 1 N–H and O–H groups in total. The van der Waals surface area contributed by atoms with Crippen molar-refractivity contribution in [1.29, 1.82) is 0 Å². The average Bonchev–Trinajstić information content (AvgIpc) is 3.09. The van der Waals surface area contributed by atoms with Crippen molar-refractivity contribution in [2.75, 3.05) is 6.54 Å². The van der Waals surface area contributed by atoms with Crippen LogP contribution in [0.4, 0.5) is 0 Å². The highest BCUT2D eigenvalue weighted by molar-refractivity contribution is 5.21. The Morgan fingerprint density at radius 3 is 2.58 bits per heavy atom. The van der Waals surface area contributed by atoms with Gasteiger partial charge in [-0.25, -0.2) is 0 Å². The van der Waals surface area contributed by atoms with Gasteiger partial charge in [0.15, 0.2) is 0 Å². The zero-order valence-corrected chi connectivity index (χ0v) is 13.0. The molecule has 108 valence electrons. The van der Waals surface area contributed by atoms with Crippen LogP contribution >= 0.6 is 0 Å². The minimum Gasteiger partial charge on any atom is -0.465 e. The van der Waals surface area contributed by atoms with Gasteiger partial charge in [-0.05, 0) is 53.1 Å². The van der Waals surface area contributed by atoms with Crippen LogP contribution in [0.25, 0.3) is 0 Å². The summed E-state index contributed by atoms with van der Waals surface area (Å²) in [7, 11) is 0. The van der Waals surface area contributed by atoms with Crippen LogP contribution in [-0.2, 0) is 13.1 Å². The summed E-state index contributed by atoms with van der Waals surface area (Å²) < 4.78 is 5.87. The van der Waals surface area contributed by atoms with Gasteiger partial charge in [0.05, 0.1) is 6.54 Å². The van der Waals surface area contributed by atoms with Gasteiger partial charge in [-0.1, -0.05) is 6.92 Å². The lowest BCUT2D eigenvalue weighted by Gasteiger charge is -2.19. The van der Waals surface area contributed by atoms with E-state index in [-0.39, 0.29) is 5.54 Å². The molecule has 1 aromatic heterocycles. The van der Waals surface area contributed by atoms with Gasteiger partial charge < -0.3 is 9.73 Å². The molecule has 0 unspecified atom stereocenters. The van der Waals surface area contributed by atoms with Gasteiger partial charge in [0.2, 0.25) is 0 Å². The van der Waals surface area contributed by atoms with Gasteiger partial charge >= 0.3 is 0 Å². The van der Waals surface area contributed by atoms with Gasteiger partial charge in [-0.3, -0.25) is 4.90 Å². The molecule has 0 aromatic carbocycles. The molecular formula is C16H28N2O. The van der Waals surface area contributed by atoms with Crippen molar-refractivity contribution < 1.29 is 4.42 Å². The summed E-state index contributed by atoms with van der Waals surface area (Å²) in [6.45, 7) is 13.8. The third kappa shape index (κ3) is 4.36. The molecule has 19 heavy (non-hydrogen) atoms. The average molecular weight is 264 g/mol. The molecule has 1 heterocycles. The Morgan fingerprint density at radius 2 is 2.05 bits per heavy atom. The second-order valence-corrected chi connectivity index (χ2v) is 6.69. The number of nitrogens with one attached hydrogen (secondary N) is 1. The van der Waals surface area contributed by atoms with E-state index in [1.165, 1.54) is 18.4 Å². The van der Waals surface area contributed by atoms with Crippen LogP contribution in [0, 0.1) is 6.92 Å². The number of hydrogen-bond donors (Lipinski definition) is 1. The van der Waals surface area contributed by atoms with Crippen molar-refractivity contribution in [3.63, 3.8) is 0 Å². The summed E-state index contributed by atoms with van der Waals surface area (Å²) in [6.07, 6.45) is 2.73. The number of furan rings is 1. The number of nitrogens with zero attached hydrogens (tertiary/aromatic N) is 1. The molecule has 0 radical (unpaired) electrons. The van der Waals surface area contributed by atoms with Crippen molar-refractivity contribution in [2.45, 2.75) is 72.1 Å². The Kier molecular flexibility index (Phi) is 4.36. The first-order valence-corrected chi connectivity index (χ1v) is 7.46. The van der Waals surface area contributed by atoms with Crippen LogP contribution in [0.15, 0.2) is 10.5 Å². The van der Waals surface area contributed by atoms with E-state index in [1.807, 2.05) is 0 Å². The van der Waals surface area contributed by atoms with Crippen LogP contribution in [0.2, 0.25) is 0 Å². The van der Waals surface area contributed by atoms with E-state index in [0.717, 1.165) is 37.2 Å². The molecule has 0 aliphatic heterocycles. The summed E-state index contributed by atoms with van der Waals surface area (Å²) in [6, 6.07) is 3.04. The maximum atomic E-state index is 5.87. The van der Waals surface area contributed by atoms with Crippen LogP contribution < -0.4 is 5.32 Å². The van der Waals surface area contributed by atoms with Crippen molar-refractivity contribution in [2.24, 2.45) is 0 Å². The Hall–Kier alpha value is -0.800. The molecule has 1 aromatic rings. The third-order valence-corrected chi connectivity index (χ3v) is 3.71. The summed E-state index contributed by atoms with van der Waals surface area (Å²) in [5, 5.41) is 3.47. The van der Waals surface area contributed by atoms with E-state index in [4.69, 9.17) is 4.42 Å². The molecule has 2 rings (SSSR count). The topological polar surface area (TPSA) is 28.4 Å². The van der Waals surface area contributed by atoms with Gasteiger partial charge in [0.1, 0.15) is 11.5 Å². The minimum absolute atomic E-state index is 0.129. The monoisotopic (exact) mass is 264 g/mol. The molecular weight excluding hydrogens is 236 g/mol. The number of aryl methyl sites for hydroxylation is 1. The standard InChI is InChI=1S/C16H28N2O/c1-6-18(14-7-8-14)11-13-9-15(19-12(13)2)10-17-16(3,4)5/h9,14,17H,6-8,10-11H2,1-5H3. The molecule has 0 bridgehead atoms. The van der Waals surface area contributed by atoms with Crippen molar-refractivity contribution in [1.82, 2.24) is 10.2 Å². The van der Waals surface area contributed by atoms with Crippen molar-refractivity contribution in [3.8, 4) is 0 Å². The third-order valence-electron chi connectivity index (χ3n) is 3.71. The van der Waals surface area contributed by atoms with Crippen molar-refractivity contribution >= 4 is 0 Å². The maximum Gasteiger partial charge on any atom is 0.118 e. The molecule has 1 aliphatic carbocycles. The summed E-state index contributed by atoms with van der Waals surface area (Å²) >= 11 is 0. The first-order chi connectivity index (χ1) is 8.89. The van der Waals surface area contributed by atoms with E-state index in [9.17, 15) is 0 Å². The van der Waals surface area contributed by atoms with Crippen LogP contribution in [0.3, 0.4) is 0 Å². The Labute approximate surface area is 117 Å². The molecule has 3 nitrogen and oxygen atoms in total. The first kappa shape index (κ1) is 14.6. The molecule has 1 fully saturated rings. The summed E-state index contributed by atoms with van der Waals surface area (Å²) in [5.41, 5.74) is 1.48. The Bertz CT molecular complexity index is 413. The fourth-order valence-electron chi connectivity index (χ4n) is 2.34. The van der Waals surface area contributed by atoms with Gasteiger partial charge in [-0.2, -0.15) is 0 Å². The molecule has 1 aliphatic rings. The minimum atomic E-state index is 0.129. The van der Waals surface area contributed by atoms with Crippen LogP contribution in [0.5, 0.6) is 0 Å². The van der Waals surface area contributed by atoms with Gasteiger partial charge in [-0.15, -0.1) is 0 Å². The fourth-order valence-corrected chi connectivity index (χ4v) is 2.34. The second kappa shape index (κ2) is 5.68. The molecule has 0 spiro atoms. The molecule has 0 amide bonds. The van der Waals surface area contributed by atoms with Crippen molar-refractivity contribution in [3.05, 3.63) is 23.2 Å². The first-order valence-electron chi connectivity index (χ1n) is 7.46. The van der Waals surface area contributed by atoms with E-state index in [0.29, 0.717) is 0 Å². The largest absolute Gasteiger partial charge is 0.465 e. The highest BCUT2D eigenvalue weighted by Gasteiger charge is 2.28. The number of hydrogen-bond acceptors (Lipinski definition) is 3. The quantitative estimate of drug-likeness (QED) is 0.853. The van der Waals surface area contributed by atoms with E-state index < -0.39 is 0 Å².